The zero-order valence-corrected chi connectivity index (χ0v) is 18.7. The Hall–Kier alpha value is -3.64. The lowest BCUT2D eigenvalue weighted by atomic mass is 9.98. The predicted octanol–water partition coefficient (Wildman–Crippen LogP) is 4.58. The van der Waals surface area contributed by atoms with Crippen molar-refractivity contribution in [2.24, 2.45) is 5.73 Å². The Kier molecular flexibility index (Phi) is 7.05. The molecule has 4 rings (SSSR count). The van der Waals surface area contributed by atoms with Crippen LogP contribution in [0.25, 0.3) is 11.1 Å². The third-order valence-corrected chi connectivity index (χ3v) is 5.97. The molecule has 6 heteroatoms. The Morgan fingerprint density at radius 3 is 2.15 bits per heavy atom. The van der Waals surface area contributed by atoms with Crippen molar-refractivity contribution in [3.05, 3.63) is 89.5 Å². The third-order valence-electron chi connectivity index (χ3n) is 5.97. The van der Waals surface area contributed by atoms with Crippen LogP contribution >= 0.6 is 0 Å². The van der Waals surface area contributed by atoms with Crippen LogP contribution in [-0.2, 0) is 9.53 Å². The van der Waals surface area contributed by atoms with Crippen molar-refractivity contribution in [2.45, 2.75) is 31.7 Å². The molecule has 4 N–H and O–H groups in total. The monoisotopic (exact) mass is 443 g/mol. The third kappa shape index (κ3) is 5.23. The Morgan fingerprint density at radius 1 is 0.939 bits per heavy atom. The molecule has 0 bridgehead atoms. The molecule has 0 heterocycles. The highest BCUT2D eigenvalue weighted by Crippen LogP contribution is 2.44. The molecule has 0 spiro atoms. The minimum Gasteiger partial charge on any atom is -0.449 e. The molecule has 3 aromatic rings. The molecule has 1 atom stereocenters. The average Bonchev–Trinajstić information content (AvgIpc) is 3.15. The van der Waals surface area contributed by atoms with Crippen LogP contribution < -0.4 is 16.4 Å². The molecule has 0 aromatic heterocycles. The van der Waals surface area contributed by atoms with E-state index >= 15 is 0 Å². The highest BCUT2D eigenvalue weighted by atomic mass is 16.5. The first-order valence-electron chi connectivity index (χ1n) is 11.3. The maximum atomic E-state index is 12.8. The summed E-state index contributed by atoms with van der Waals surface area (Å²) in [6.07, 6.45) is 0.423. The van der Waals surface area contributed by atoms with Crippen LogP contribution in [0.15, 0.2) is 72.8 Å². The molecular weight excluding hydrogens is 414 g/mol. The number of amides is 2. The van der Waals surface area contributed by atoms with Gasteiger partial charge in [0.15, 0.2) is 0 Å². The van der Waals surface area contributed by atoms with Gasteiger partial charge in [0.2, 0.25) is 5.91 Å². The second-order valence-electron chi connectivity index (χ2n) is 8.31. The van der Waals surface area contributed by atoms with Crippen molar-refractivity contribution >= 4 is 17.7 Å². The number of fused-ring (bicyclic) bond motifs is 3. The van der Waals surface area contributed by atoms with Crippen LogP contribution in [0.5, 0.6) is 0 Å². The fourth-order valence-corrected chi connectivity index (χ4v) is 4.24. The second kappa shape index (κ2) is 10.3. The Labute approximate surface area is 194 Å². The van der Waals surface area contributed by atoms with Gasteiger partial charge in [-0.15, -0.1) is 0 Å². The van der Waals surface area contributed by atoms with Gasteiger partial charge in [-0.2, -0.15) is 0 Å². The molecule has 1 unspecified atom stereocenters. The number of anilines is 1. The van der Waals surface area contributed by atoms with E-state index in [4.69, 9.17) is 10.5 Å². The summed E-state index contributed by atoms with van der Waals surface area (Å²) in [5, 5.41) is 5.58. The number of ether oxygens (including phenoxy) is 1. The van der Waals surface area contributed by atoms with E-state index < -0.39 is 12.1 Å². The standard InChI is InChI=1S/C27H29N3O3/c1-18-12-14-19(15-13-18)29-26(31)25(11-6-16-28)30-27(32)33-17-24-22-9-4-2-7-20(22)21-8-3-5-10-23(21)24/h2-5,7-10,12-15,24-25H,6,11,16-17,28H2,1H3,(H,29,31)(H,30,32). The summed E-state index contributed by atoms with van der Waals surface area (Å²) in [4.78, 5) is 25.5. The van der Waals surface area contributed by atoms with Gasteiger partial charge in [-0.25, -0.2) is 4.79 Å². The number of alkyl carbamates (subject to hydrolysis) is 1. The van der Waals surface area contributed by atoms with Gasteiger partial charge < -0.3 is 21.1 Å². The SMILES string of the molecule is Cc1ccc(NC(=O)C(CCCN)NC(=O)OCC2c3ccccc3-c3ccccc32)cc1. The highest BCUT2D eigenvalue weighted by molar-refractivity contribution is 5.96. The van der Waals surface area contributed by atoms with Gasteiger partial charge in [0.05, 0.1) is 0 Å². The van der Waals surface area contributed by atoms with Crippen molar-refractivity contribution in [3.8, 4) is 11.1 Å². The van der Waals surface area contributed by atoms with E-state index in [1.165, 1.54) is 11.1 Å². The molecule has 0 radical (unpaired) electrons. The van der Waals surface area contributed by atoms with Crippen LogP contribution in [0.3, 0.4) is 0 Å². The number of aryl methyl sites for hydroxylation is 1. The van der Waals surface area contributed by atoms with E-state index in [9.17, 15) is 9.59 Å². The lowest BCUT2D eigenvalue weighted by Crippen LogP contribution is -2.44. The maximum Gasteiger partial charge on any atom is 0.407 e. The minimum absolute atomic E-state index is 0.0352. The number of carbonyl (C=O) groups excluding carboxylic acids is 2. The first kappa shape index (κ1) is 22.6. The van der Waals surface area contributed by atoms with Gasteiger partial charge in [-0.3, -0.25) is 4.79 Å². The molecule has 3 aromatic carbocycles. The summed E-state index contributed by atoms with van der Waals surface area (Å²) in [5.41, 5.74) is 12.0. The van der Waals surface area contributed by atoms with Gasteiger partial charge in [-0.1, -0.05) is 66.2 Å². The lowest BCUT2D eigenvalue weighted by molar-refractivity contribution is -0.118. The van der Waals surface area contributed by atoms with E-state index in [1.807, 2.05) is 55.5 Å². The second-order valence-corrected chi connectivity index (χ2v) is 8.31. The normalized spacial score (nSPS) is 13.0. The van der Waals surface area contributed by atoms with Crippen molar-refractivity contribution in [3.63, 3.8) is 0 Å². The fourth-order valence-electron chi connectivity index (χ4n) is 4.24. The van der Waals surface area contributed by atoms with Gasteiger partial charge >= 0.3 is 6.09 Å². The first-order chi connectivity index (χ1) is 16.1. The van der Waals surface area contributed by atoms with Crippen LogP contribution in [0.4, 0.5) is 10.5 Å². The van der Waals surface area contributed by atoms with Gasteiger partial charge in [0, 0.05) is 11.6 Å². The summed E-state index contributed by atoms with van der Waals surface area (Å²) in [7, 11) is 0. The molecule has 0 saturated heterocycles. The number of hydrogen-bond donors (Lipinski definition) is 3. The first-order valence-corrected chi connectivity index (χ1v) is 11.3. The van der Waals surface area contributed by atoms with Crippen molar-refractivity contribution in [2.75, 3.05) is 18.5 Å². The largest absolute Gasteiger partial charge is 0.449 e. The summed E-state index contributed by atoms with van der Waals surface area (Å²) in [6.45, 7) is 2.61. The number of nitrogens with one attached hydrogen (secondary N) is 2. The number of carbonyl (C=O) groups is 2. The van der Waals surface area contributed by atoms with E-state index in [0.29, 0.717) is 25.1 Å². The smallest absolute Gasteiger partial charge is 0.407 e. The molecule has 1 aliphatic rings. The quantitative estimate of drug-likeness (QED) is 0.475. The van der Waals surface area contributed by atoms with Gasteiger partial charge in [0.1, 0.15) is 12.6 Å². The van der Waals surface area contributed by atoms with E-state index in [1.54, 1.807) is 0 Å². The average molecular weight is 444 g/mol. The molecule has 6 nitrogen and oxygen atoms in total. The molecule has 0 fully saturated rings. The van der Waals surface area contributed by atoms with Crippen LogP contribution in [0.1, 0.15) is 35.4 Å². The van der Waals surface area contributed by atoms with E-state index in [-0.39, 0.29) is 18.4 Å². The highest BCUT2D eigenvalue weighted by Gasteiger charge is 2.29. The van der Waals surface area contributed by atoms with E-state index in [2.05, 4.69) is 34.9 Å². The Morgan fingerprint density at radius 2 is 1.55 bits per heavy atom. The van der Waals surface area contributed by atoms with Crippen LogP contribution in [-0.4, -0.2) is 31.2 Å². The van der Waals surface area contributed by atoms with Crippen LogP contribution in [0.2, 0.25) is 0 Å². The number of nitrogens with two attached hydrogens (primary N) is 1. The number of hydrogen-bond acceptors (Lipinski definition) is 4. The number of rotatable bonds is 8. The minimum atomic E-state index is -0.731. The lowest BCUT2D eigenvalue weighted by Gasteiger charge is -2.20. The number of benzene rings is 3. The van der Waals surface area contributed by atoms with E-state index in [0.717, 1.165) is 16.7 Å². The topological polar surface area (TPSA) is 93.5 Å². The molecule has 33 heavy (non-hydrogen) atoms. The van der Waals surface area contributed by atoms with Crippen molar-refractivity contribution in [1.82, 2.24) is 5.32 Å². The van der Waals surface area contributed by atoms with Gasteiger partial charge in [0.25, 0.3) is 0 Å². The van der Waals surface area contributed by atoms with Crippen LogP contribution in [0, 0.1) is 6.92 Å². The molecular formula is C27H29N3O3. The summed E-state index contributed by atoms with van der Waals surface area (Å²) >= 11 is 0. The zero-order chi connectivity index (χ0) is 23.2. The zero-order valence-electron chi connectivity index (χ0n) is 18.7. The predicted molar refractivity (Wildman–Crippen MR) is 130 cm³/mol. The summed E-state index contributed by atoms with van der Waals surface area (Å²) < 4.78 is 5.60. The Balaban J connectivity index is 1.40. The molecule has 0 aliphatic heterocycles. The molecule has 1 aliphatic carbocycles. The van der Waals surface area contributed by atoms with Gasteiger partial charge in [-0.05, 0) is 60.7 Å². The fraction of sp³-hybridized carbons (Fsp3) is 0.259. The summed E-state index contributed by atoms with van der Waals surface area (Å²) in [5.74, 6) is -0.326. The van der Waals surface area contributed by atoms with Crippen molar-refractivity contribution in [1.29, 1.82) is 0 Å². The van der Waals surface area contributed by atoms with Crippen molar-refractivity contribution < 1.29 is 14.3 Å². The molecule has 170 valence electrons. The summed E-state index contributed by atoms with van der Waals surface area (Å²) in [6, 6.07) is 23.1. The Bertz CT molecular complexity index is 1080. The molecule has 0 saturated carbocycles. The maximum absolute atomic E-state index is 12.8. The molecule has 2 amide bonds.